The highest BCUT2D eigenvalue weighted by atomic mass is 19.1. The Bertz CT molecular complexity index is 918. The lowest BCUT2D eigenvalue weighted by atomic mass is 9.74. The number of methoxy groups -OCH3 is 1. The summed E-state index contributed by atoms with van der Waals surface area (Å²) in [7, 11) is 1.59. The van der Waals surface area contributed by atoms with Crippen LogP contribution in [-0.4, -0.2) is 53.4 Å². The Labute approximate surface area is 203 Å². The van der Waals surface area contributed by atoms with E-state index in [-0.39, 0.29) is 12.0 Å². The van der Waals surface area contributed by atoms with Crippen LogP contribution in [0.4, 0.5) is 4.39 Å². The Kier molecular flexibility index (Phi) is 8.78. The molecule has 6 heteroatoms. The van der Waals surface area contributed by atoms with Gasteiger partial charge in [-0.2, -0.15) is 0 Å². The highest BCUT2D eigenvalue weighted by Gasteiger charge is 2.35. The molecular formula is C28H41FN2O3. The average Bonchev–Trinajstić information content (AvgIpc) is 2.90. The maximum absolute atomic E-state index is 13.8. The molecule has 5 nitrogen and oxygen atoms in total. The number of likely N-dealkylation sites (tertiary alicyclic amines) is 1. The van der Waals surface area contributed by atoms with Gasteiger partial charge in [0, 0.05) is 23.8 Å². The average molecular weight is 473 g/mol. The third-order valence-electron chi connectivity index (χ3n) is 8.46. The normalized spacial score (nSPS) is 20.5. The van der Waals surface area contributed by atoms with Gasteiger partial charge in [-0.3, -0.25) is 4.98 Å². The van der Waals surface area contributed by atoms with Crippen molar-refractivity contribution >= 4 is 10.9 Å². The number of fused-ring (bicyclic) bond motifs is 1. The predicted octanol–water partition coefficient (Wildman–Crippen LogP) is 5.57. The summed E-state index contributed by atoms with van der Waals surface area (Å²) < 4.78 is 19.2. The van der Waals surface area contributed by atoms with Crippen LogP contribution in [0.3, 0.4) is 0 Å². The first-order valence-corrected chi connectivity index (χ1v) is 13.1. The zero-order valence-electron chi connectivity index (χ0n) is 20.6. The lowest BCUT2D eigenvalue weighted by molar-refractivity contribution is 0.0217. The zero-order valence-corrected chi connectivity index (χ0v) is 20.6. The Morgan fingerprint density at radius 1 is 1.21 bits per heavy atom. The van der Waals surface area contributed by atoms with Crippen molar-refractivity contribution in [1.29, 1.82) is 0 Å². The molecule has 1 aliphatic heterocycles. The van der Waals surface area contributed by atoms with Gasteiger partial charge in [0.25, 0.3) is 0 Å². The van der Waals surface area contributed by atoms with E-state index in [2.05, 4.69) is 9.88 Å². The first-order valence-electron chi connectivity index (χ1n) is 13.1. The molecule has 2 N–H and O–H groups in total. The minimum Gasteiger partial charge on any atom is -0.497 e. The van der Waals surface area contributed by atoms with Crippen LogP contribution in [0.5, 0.6) is 5.75 Å². The molecule has 1 atom stereocenters. The van der Waals surface area contributed by atoms with E-state index in [1.807, 2.05) is 18.2 Å². The smallest absolute Gasteiger partial charge is 0.119 e. The van der Waals surface area contributed by atoms with Crippen LogP contribution in [0.25, 0.3) is 10.9 Å². The van der Waals surface area contributed by atoms with E-state index >= 15 is 0 Å². The fraction of sp³-hybridized carbons (Fsp3) is 0.679. The number of hydrogen-bond acceptors (Lipinski definition) is 5. The summed E-state index contributed by atoms with van der Waals surface area (Å²) in [6.45, 7) is 2.65. The number of aliphatic hydroxyl groups excluding tert-OH is 2. The number of aliphatic hydroxyl groups is 2. The number of hydrogen-bond donors (Lipinski definition) is 2. The van der Waals surface area contributed by atoms with Crippen LogP contribution in [0.1, 0.15) is 81.4 Å². The second-order valence-electron chi connectivity index (χ2n) is 10.6. The lowest BCUT2D eigenvalue weighted by Gasteiger charge is -2.41. The summed E-state index contributed by atoms with van der Waals surface area (Å²) in [5.74, 6) is 1.55. The largest absolute Gasteiger partial charge is 0.497 e. The Morgan fingerprint density at radius 2 is 1.97 bits per heavy atom. The molecule has 0 amide bonds. The van der Waals surface area contributed by atoms with Gasteiger partial charge in [0.15, 0.2) is 0 Å². The molecule has 0 bridgehead atoms. The number of piperidine rings is 1. The van der Waals surface area contributed by atoms with Crippen molar-refractivity contribution in [3.63, 3.8) is 0 Å². The molecule has 34 heavy (non-hydrogen) atoms. The SMILES string of the molecule is COc1ccc2ncc(CF)c([C@@H](O)CCC3(CO)CCN(CCC4CCCCC4)CC3)c2c1. The quantitative estimate of drug-likeness (QED) is 0.473. The van der Waals surface area contributed by atoms with Gasteiger partial charge in [-0.15, -0.1) is 0 Å². The molecular weight excluding hydrogens is 431 g/mol. The van der Waals surface area contributed by atoms with E-state index < -0.39 is 12.8 Å². The molecule has 1 saturated heterocycles. The standard InChI is InChI=1S/C28H41FN2O3/c1-34-23-7-8-25-24(17-23)27(22(18-29)19-30-25)26(33)9-11-28(20-32)12-15-31(16-13-28)14-10-21-5-3-2-4-6-21/h7-8,17,19,21,26,32-33H,2-6,9-16,18,20H2,1H3/t26-/m0/s1. The van der Waals surface area contributed by atoms with Gasteiger partial charge in [-0.05, 0) is 86.8 Å². The third kappa shape index (κ3) is 5.89. The fourth-order valence-electron chi connectivity index (χ4n) is 6.03. The van der Waals surface area contributed by atoms with Crippen molar-refractivity contribution in [1.82, 2.24) is 9.88 Å². The van der Waals surface area contributed by atoms with Crippen LogP contribution >= 0.6 is 0 Å². The second-order valence-corrected chi connectivity index (χ2v) is 10.6. The summed E-state index contributed by atoms with van der Waals surface area (Å²) >= 11 is 0. The van der Waals surface area contributed by atoms with Crippen molar-refractivity contribution in [3.8, 4) is 5.75 Å². The van der Waals surface area contributed by atoms with E-state index in [4.69, 9.17) is 4.74 Å². The minimum atomic E-state index is -0.809. The first-order chi connectivity index (χ1) is 16.6. The van der Waals surface area contributed by atoms with Crippen LogP contribution in [-0.2, 0) is 6.67 Å². The number of alkyl halides is 1. The van der Waals surface area contributed by atoms with Crippen LogP contribution in [0.15, 0.2) is 24.4 Å². The van der Waals surface area contributed by atoms with E-state index in [9.17, 15) is 14.6 Å². The molecule has 2 aromatic rings. The molecule has 1 saturated carbocycles. The first kappa shape index (κ1) is 25.3. The van der Waals surface area contributed by atoms with Gasteiger partial charge in [0.05, 0.1) is 18.7 Å². The monoisotopic (exact) mass is 472 g/mol. The molecule has 2 fully saturated rings. The van der Waals surface area contributed by atoms with Crippen LogP contribution in [0.2, 0.25) is 0 Å². The van der Waals surface area contributed by atoms with Gasteiger partial charge in [-0.25, -0.2) is 4.39 Å². The van der Waals surface area contributed by atoms with Crippen molar-refractivity contribution < 1.29 is 19.3 Å². The van der Waals surface area contributed by atoms with E-state index in [1.165, 1.54) is 51.3 Å². The fourth-order valence-corrected chi connectivity index (χ4v) is 6.03. The van der Waals surface area contributed by atoms with E-state index in [1.54, 1.807) is 7.11 Å². The molecule has 2 aliphatic rings. The summed E-state index contributed by atoms with van der Waals surface area (Å²) in [4.78, 5) is 6.92. The van der Waals surface area contributed by atoms with Crippen molar-refractivity contribution in [3.05, 3.63) is 35.5 Å². The highest BCUT2D eigenvalue weighted by molar-refractivity contribution is 5.85. The summed E-state index contributed by atoms with van der Waals surface area (Å²) in [5.41, 5.74) is 1.57. The van der Waals surface area contributed by atoms with Gasteiger partial charge >= 0.3 is 0 Å². The maximum atomic E-state index is 13.8. The molecule has 188 valence electrons. The number of pyridine rings is 1. The summed E-state index contributed by atoms with van der Waals surface area (Å²) in [5, 5.41) is 22.2. The van der Waals surface area contributed by atoms with Crippen molar-refractivity contribution in [2.45, 2.75) is 77.0 Å². The molecule has 1 aromatic carbocycles. The molecule has 0 radical (unpaired) electrons. The van der Waals surface area contributed by atoms with Gasteiger partial charge in [-0.1, -0.05) is 32.1 Å². The van der Waals surface area contributed by atoms with Gasteiger partial charge in [0.1, 0.15) is 12.4 Å². The van der Waals surface area contributed by atoms with Crippen molar-refractivity contribution in [2.24, 2.45) is 11.3 Å². The molecule has 4 rings (SSSR count). The molecule has 0 spiro atoms. The number of rotatable bonds is 10. The maximum Gasteiger partial charge on any atom is 0.119 e. The topological polar surface area (TPSA) is 65.8 Å². The number of halogens is 1. The molecule has 1 aliphatic carbocycles. The summed E-state index contributed by atoms with van der Waals surface area (Å²) in [6, 6.07) is 5.49. The predicted molar refractivity (Wildman–Crippen MR) is 134 cm³/mol. The third-order valence-corrected chi connectivity index (χ3v) is 8.46. The van der Waals surface area contributed by atoms with Crippen LogP contribution < -0.4 is 4.74 Å². The van der Waals surface area contributed by atoms with Crippen LogP contribution in [0, 0.1) is 11.3 Å². The Hall–Kier alpha value is -1.76. The number of aromatic nitrogens is 1. The minimum absolute atomic E-state index is 0.136. The molecule has 0 unspecified atom stereocenters. The zero-order chi connectivity index (χ0) is 24.0. The Morgan fingerprint density at radius 3 is 2.65 bits per heavy atom. The number of nitrogens with zero attached hydrogens (tertiary/aromatic N) is 2. The van der Waals surface area contributed by atoms with Crippen molar-refractivity contribution in [2.75, 3.05) is 33.4 Å². The van der Waals surface area contributed by atoms with Gasteiger partial charge in [0.2, 0.25) is 0 Å². The van der Waals surface area contributed by atoms with E-state index in [0.717, 1.165) is 49.2 Å². The van der Waals surface area contributed by atoms with E-state index in [0.29, 0.717) is 23.3 Å². The molecule has 2 heterocycles. The highest BCUT2D eigenvalue weighted by Crippen LogP contribution is 2.40. The lowest BCUT2D eigenvalue weighted by Crippen LogP contribution is -2.42. The second kappa shape index (κ2) is 11.8. The summed E-state index contributed by atoms with van der Waals surface area (Å²) in [6.07, 6.45) is 12.1. The van der Waals surface area contributed by atoms with Gasteiger partial charge < -0.3 is 19.8 Å². The number of benzene rings is 1. The number of ether oxygens (including phenoxy) is 1. The molecule has 1 aromatic heterocycles. The Balaban J connectivity index is 1.38.